The zero-order valence-electron chi connectivity index (χ0n) is 9.85. The molecule has 1 aromatic heterocycles. The summed E-state index contributed by atoms with van der Waals surface area (Å²) in [5, 5.41) is 0. The molecule has 0 unspecified atom stereocenters. The zero-order chi connectivity index (χ0) is 11.2. The van der Waals surface area contributed by atoms with E-state index < -0.39 is 0 Å². The summed E-state index contributed by atoms with van der Waals surface area (Å²) < 4.78 is 1.73. The van der Waals surface area contributed by atoms with E-state index in [0.29, 0.717) is 0 Å². The first-order valence-corrected chi connectivity index (χ1v) is 5.40. The van der Waals surface area contributed by atoms with Gasteiger partial charge >= 0.3 is 5.69 Å². The van der Waals surface area contributed by atoms with Crippen LogP contribution in [0.1, 0.15) is 38.6 Å². The third-order valence-corrected chi connectivity index (χ3v) is 2.99. The van der Waals surface area contributed by atoms with Crippen molar-refractivity contribution in [1.82, 2.24) is 9.55 Å². The Kier molecular flexibility index (Phi) is 2.14. The lowest BCUT2D eigenvalue weighted by atomic mass is 9.80. The van der Waals surface area contributed by atoms with Gasteiger partial charge in [0.1, 0.15) is 0 Å². The lowest BCUT2D eigenvalue weighted by Crippen LogP contribution is -2.18. The molecule has 0 atom stereocenters. The fourth-order valence-electron chi connectivity index (χ4n) is 2.22. The van der Waals surface area contributed by atoms with Crippen molar-refractivity contribution in [1.29, 1.82) is 0 Å². The van der Waals surface area contributed by atoms with Crippen molar-refractivity contribution in [3.63, 3.8) is 0 Å². The van der Waals surface area contributed by atoms with Gasteiger partial charge in [-0.2, -0.15) is 0 Å². The average Bonchev–Trinajstić information content (AvgIpc) is 2.41. The Labute approximate surface area is 89.8 Å². The van der Waals surface area contributed by atoms with Crippen LogP contribution in [-0.4, -0.2) is 9.55 Å². The normalized spacial score (nSPS) is 16.1. The number of nitrogens with zero attached hydrogens (tertiary/aromatic N) is 1. The molecule has 3 nitrogen and oxygen atoms in total. The minimum atomic E-state index is -0.00273. The van der Waals surface area contributed by atoms with Crippen LogP contribution in [-0.2, 0) is 13.5 Å². The maximum absolute atomic E-state index is 11.6. The Balaban J connectivity index is 2.65. The Morgan fingerprint density at radius 2 is 2.07 bits per heavy atom. The van der Waals surface area contributed by atoms with Gasteiger partial charge in [0, 0.05) is 12.7 Å². The summed E-state index contributed by atoms with van der Waals surface area (Å²) in [6.45, 7) is 6.56. The molecule has 0 saturated carbocycles. The topological polar surface area (TPSA) is 37.8 Å². The van der Waals surface area contributed by atoms with Gasteiger partial charge in [-0.3, -0.25) is 4.57 Å². The minimum absolute atomic E-state index is 0.00273. The molecule has 2 rings (SSSR count). The first-order chi connectivity index (χ1) is 6.91. The number of aryl methyl sites for hydroxylation is 1. The quantitative estimate of drug-likeness (QED) is 0.693. The first kappa shape index (κ1) is 10.3. The third kappa shape index (κ3) is 1.56. The average molecular weight is 206 g/mol. The molecule has 0 radical (unpaired) electrons. The van der Waals surface area contributed by atoms with E-state index in [4.69, 9.17) is 0 Å². The highest BCUT2D eigenvalue weighted by atomic mass is 16.1. The van der Waals surface area contributed by atoms with Gasteiger partial charge in [-0.05, 0) is 23.8 Å². The van der Waals surface area contributed by atoms with Crippen molar-refractivity contribution in [3.05, 3.63) is 27.9 Å². The van der Waals surface area contributed by atoms with E-state index >= 15 is 0 Å². The Morgan fingerprint density at radius 3 is 2.67 bits per heavy atom. The van der Waals surface area contributed by atoms with Crippen molar-refractivity contribution in [2.45, 2.75) is 33.6 Å². The van der Waals surface area contributed by atoms with E-state index in [1.54, 1.807) is 4.57 Å². The molecule has 1 heterocycles. The molecule has 0 amide bonds. The van der Waals surface area contributed by atoms with Gasteiger partial charge in [0.15, 0.2) is 0 Å². The van der Waals surface area contributed by atoms with Crippen LogP contribution in [0, 0.1) is 5.41 Å². The highest BCUT2D eigenvalue weighted by molar-refractivity contribution is 5.70. The number of fused-ring (bicyclic) bond motifs is 1. The Morgan fingerprint density at radius 1 is 1.40 bits per heavy atom. The fourth-order valence-corrected chi connectivity index (χ4v) is 2.22. The Hall–Kier alpha value is -1.25. The maximum atomic E-state index is 11.6. The van der Waals surface area contributed by atoms with E-state index in [9.17, 15) is 4.79 Å². The predicted molar refractivity (Wildman–Crippen MR) is 61.8 cm³/mol. The van der Waals surface area contributed by atoms with E-state index in [0.717, 1.165) is 24.2 Å². The van der Waals surface area contributed by atoms with Crippen LogP contribution in [0.2, 0.25) is 0 Å². The second kappa shape index (κ2) is 3.12. The van der Waals surface area contributed by atoms with Gasteiger partial charge in [0.05, 0.1) is 5.69 Å². The summed E-state index contributed by atoms with van der Waals surface area (Å²) in [5.74, 6) is 0. The fraction of sp³-hybridized carbons (Fsp3) is 0.583. The molecule has 0 aromatic carbocycles. The van der Waals surface area contributed by atoms with Crippen molar-refractivity contribution in [3.8, 4) is 0 Å². The SMILES string of the molecule is Cn1c2c([nH]c1=O)CCC=C2C(C)(C)C. The summed E-state index contributed by atoms with van der Waals surface area (Å²) in [7, 11) is 1.84. The van der Waals surface area contributed by atoms with E-state index in [-0.39, 0.29) is 11.1 Å². The molecule has 1 aliphatic rings. The first-order valence-electron chi connectivity index (χ1n) is 5.40. The van der Waals surface area contributed by atoms with Crippen LogP contribution in [0.4, 0.5) is 0 Å². The molecule has 0 saturated heterocycles. The molecule has 0 aliphatic heterocycles. The summed E-state index contributed by atoms with van der Waals surface area (Å²) >= 11 is 0. The summed E-state index contributed by atoms with van der Waals surface area (Å²) in [6.07, 6.45) is 4.24. The molecule has 1 N–H and O–H groups in total. The minimum Gasteiger partial charge on any atom is -0.309 e. The van der Waals surface area contributed by atoms with Gasteiger partial charge in [-0.1, -0.05) is 26.8 Å². The maximum Gasteiger partial charge on any atom is 0.325 e. The Bertz CT molecular complexity index is 469. The molecule has 1 aliphatic carbocycles. The number of rotatable bonds is 0. The number of aromatic nitrogens is 2. The second-order valence-corrected chi connectivity index (χ2v) is 5.22. The molecule has 0 fully saturated rings. The lowest BCUT2D eigenvalue weighted by molar-refractivity contribution is 0.555. The van der Waals surface area contributed by atoms with Gasteiger partial charge in [0.25, 0.3) is 0 Å². The van der Waals surface area contributed by atoms with Crippen LogP contribution in [0.3, 0.4) is 0 Å². The molecule has 0 spiro atoms. The van der Waals surface area contributed by atoms with Crippen LogP contribution >= 0.6 is 0 Å². The summed E-state index contributed by atoms with van der Waals surface area (Å²) in [5.41, 5.74) is 3.57. The van der Waals surface area contributed by atoms with Crippen LogP contribution in [0.5, 0.6) is 0 Å². The number of hydrogen-bond acceptors (Lipinski definition) is 1. The number of nitrogens with one attached hydrogen (secondary N) is 1. The molecular weight excluding hydrogens is 188 g/mol. The second-order valence-electron chi connectivity index (χ2n) is 5.22. The van der Waals surface area contributed by atoms with E-state index in [1.807, 2.05) is 7.05 Å². The van der Waals surface area contributed by atoms with Gasteiger partial charge in [0.2, 0.25) is 0 Å². The molecule has 1 aromatic rings. The summed E-state index contributed by atoms with van der Waals surface area (Å²) in [4.78, 5) is 14.5. The van der Waals surface area contributed by atoms with Crippen LogP contribution in [0.25, 0.3) is 5.57 Å². The number of aromatic amines is 1. The molecular formula is C12H18N2O. The largest absolute Gasteiger partial charge is 0.325 e. The monoisotopic (exact) mass is 206 g/mol. The third-order valence-electron chi connectivity index (χ3n) is 2.99. The van der Waals surface area contributed by atoms with E-state index in [1.165, 1.54) is 5.57 Å². The number of allylic oxidation sites excluding steroid dienone is 2. The zero-order valence-corrected chi connectivity index (χ0v) is 9.85. The van der Waals surface area contributed by atoms with Crippen LogP contribution < -0.4 is 5.69 Å². The lowest BCUT2D eigenvalue weighted by Gasteiger charge is -2.26. The van der Waals surface area contributed by atoms with Crippen molar-refractivity contribution in [2.75, 3.05) is 0 Å². The molecule has 82 valence electrons. The van der Waals surface area contributed by atoms with Crippen molar-refractivity contribution >= 4 is 5.57 Å². The van der Waals surface area contributed by atoms with Gasteiger partial charge in [-0.15, -0.1) is 0 Å². The molecule has 0 bridgehead atoms. The van der Waals surface area contributed by atoms with Gasteiger partial charge < -0.3 is 4.98 Å². The molecule has 15 heavy (non-hydrogen) atoms. The van der Waals surface area contributed by atoms with Crippen molar-refractivity contribution in [2.24, 2.45) is 12.5 Å². The standard InChI is InChI=1S/C12H18N2O/c1-12(2,3)8-6-5-7-9-10(8)14(4)11(15)13-9/h6H,5,7H2,1-4H3,(H,13,15). The number of H-pyrrole nitrogens is 1. The van der Waals surface area contributed by atoms with Crippen LogP contribution in [0.15, 0.2) is 10.9 Å². The van der Waals surface area contributed by atoms with E-state index in [2.05, 4.69) is 31.8 Å². The predicted octanol–water partition coefficient (Wildman–Crippen LogP) is 2.09. The number of hydrogen-bond donors (Lipinski definition) is 1. The molecule has 3 heteroatoms. The van der Waals surface area contributed by atoms with Crippen molar-refractivity contribution < 1.29 is 0 Å². The highest BCUT2D eigenvalue weighted by Crippen LogP contribution is 2.37. The number of imidazole rings is 1. The highest BCUT2D eigenvalue weighted by Gasteiger charge is 2.26. The smallest absolute Gasteiger partial charge is 0.309 e. The van der Waals surface area contributed by atoms with Gasteiger partial charge in [-0.25, -0.2) is 4.79 Å². The summed E-state index contributed by atoms with van der Waals surface area (Å²) in [6, 6.07) is 0.